The lowest BCUT2D eigenvalue weighted by molar-refractivity contribution is -0.119. The van der Waals surface area contributed by atoms with Gasteiger partial charge in [-0.1, -0.05) is 60.1 Å². The van der Waals surface area contributed by atoms with E-state index in [4.69, 9.17) is 33.5 Å². The van der Waals surface area contributed by atoms with Crippen molar-refractivity contribution in [1.82, 2.24) is 10.6 Å². The number of halogens is 1. The highest BCUT2D eigenvalue weighted by atomic mass is 35.5. The predicted octanol–water partition coefficient (Wildman–Crippen LogP) is 4.59. The quantitative estimate of drug-likeness (QED) is 0.459. The van der Waals surface area contributed by atoms with Crippen molar-refractivity contribution < 1.29 is 9.53 Å². The van der Waals surface area contributed by atoms with Crippen LogP contribution >= 0.6 is 23.8 Å². The van der Waals surface area contributed by atoms with Crippen LogP contribution in [-0.2, 0) is 11.2 Å². The summed E-state index contributed by atoms with van der Waals surface area (Å²) in [5.74, 6) is 0.648. The second-order valence-corrected chi connectivity index (χ2v) is 8.84. The SMILES string of the molecule is CCOc1ccccc1CCNC(=S)NC1N=C(c2ccccc2)c2cc(Cl)ccc2N(C)C1=O. The summed E-state index contributed by atoms with van der Waals surface area (Å²) in [7, 11) is 1.73. The number of fused-ring (bicyclic) bond motifs is 1. The molecule has 0 saturated heterocycles. The molecule has 0 bridgehead atoms. The van der Waals surface area contributed by atoms with Crippen molar-refractivity contribution in [1.29, 1.82) is 0 Å². The normalized spacial score (nSPS) is 15.1. The molecule has 0 spiro atoms. The van der Waals surface area contributed by atoms with Gasteiger partial charge in [0.05, 0.1) is 18.0 Å². The van der Waals surface area contributed by atoms with Crippen LogP contribution in [0.4, 0.5) is 5.69 Å². The number of benzodiazepines with no additional fused rings is 1. The molecule has 1 aliphatic rings. The number of likely N-dealkylation sites (N-methyl/N-ethyl adjacent to an activating group) is 1. The van der Waals surface area contributed by atoms with Gasteiger partial charge in [0.2, 0.25) is 6.17 Å². The maximum atomic E-state index is 13.3. The third-order valence-corrected chi connectivity index (χ3v) is 6.16. The van der Waals surface area contributed by atoms with Crippen molar-refractivity contribution in [3.63, 3.8) is 0 Å². The molecule has 0 aliphatic carbocycles. The van der Waals surface area contributed by atoms with Crippen molar-refractivity contribution >= 4 is 46.2 Å². The number of rotatable bonds is 7. The molecular weight excluding hydrogens is 480 g/mol. The predicted molar refractivity (Wildman–Crippen MR) is 146 cm³/mol. The minimum atomic E-state index is -0.892. The molecule has 1 aliphatic heterocycles. The summed E-state index contributed by atoms with van der Waals surface area (Å²) in [5, 5.41) is 7.21. The Labute approximate surface area is 216 Å². The number of nitrogens with zero attached hydrogens (tertiary/aromatic N) is 2. The van der Waals surface area contributed by atoms with Gasteiger partial charge >= 0.3 is 0 Å². The minimum Gasteiger partial charge on any atom is -0.494 e. The highest BCUT2D eigenvalue weighted by Gasteiger charge is 2.30. The lowest BCUT2D eigenvalue weighted by Crippen LogP contribution is -2.49. The molecule has 0 radical (unpaired) electrons. The third kappa shape index (κ3) is 5.81. The van der Waals surface area contributed by atoms with Crippen LogP contribution in [0.15, 0.2) is 77.8 Å². The van der Waals surface area contributed by atoms with Crippen LogP contribution in [0.25, 0.3) is 0 Å². The van der Waals surface area contributed by atoms with Gasteiger partial charge in [0.1, 0.15) is 5.75 Å². The van der Waals surface area contributed by atoms with Crippen molar-refractivity contribution in [2.75, 3.05) is 25.1 Å². The van der Waals surface area contributed by atoms with Crippen molar-refractivity contribution in [3.8, 4) is 5.75 Å². The number of anilines is 1. The lowest BCUT2D eigenvalue weighted by atomic mass is 10.0. The largest absolute Gasteiger partial charge is 0.494 e. The molecule has 2 N–H and O–H groups in total. The zero-order valence-electron chi connectivity index (χ0n) is 19.6. The van der Waals surface area contributed by atoms with Crippen LogP contribution in [0, 0.1) is 0 Å². The Morgan fingerprint density at radius 2 is 1.86 bits per heavy atom. The monoisotopic (exact) mass is 506 g/mol. The Kier molecular flexibility index (Phi) is 8.00. The van der Waals surface area contributed by atoms with E-state index in [1.165, 1.54) is 0 Å². The van der Waals surface area contributed by atoms with Crippen LogP contribution in [0.1, 0.15) is 23.6 Å². The van der Waals surface area contributed by atoms with Gasteiger partial charge in [0.25, 0.3) is 5.91 Å². The fraction of sp³-hybridized carbons (Fsp3) is 0.222. The zero-order chi connectivity index (χ0) is 24.8. The molecule has 0 aromatic heterocycles. The van der Waals surface area contributed by atoms with E-state index in [1.54, 1.807) is 18.0 Å². The van der Waals surface area contributed by atoms with Crippen molar-refractivity contribution in [2.45, 2.75) is 19.5 Å². The third-order valence-electron chi connectivity index (χ3n) is 5.67. The summed E-state index contributed by atoms with van der Waals surface area (Å²) in [4.78, 5) is 19.7. The van der Waals surface area contributed by atoms with Gasteiger partial charge in [-0.25, -0.2) is 4.99 Å². The van der Waals surface area contributed by atoms with E-state index < -0.39 is 6.17 Å². The molecule has 3 aromatic rings. The molecule has 8 heteroatoms. The number of amides is 1. The maximum Gasteiger partial charge on any atom is 0.272 e. The number of para-hydroxylation sites is 1. The summed E-state index contributed by atoms with van der Waals surface area (Å²) in [6, 6.07) is 23.1. The number of carbonyl (C=O) groups excluding carboxylic acids is 1. The van der Waals surface area contributed by atoms with Crippen molar-refractivity contribution in [3.05, 3.63) is 94.5 Å². The molecule has 35 heavy (non-hydrogen) atoms. The smallest absolute Gasteiger partial charge is 0.272 e. The molecule has 1 amide bonds. The topological polar surface area (TPSA) is 66.0 Å². The first-order chi connectivity index (χ1) is 17.0. The molecule has 1 heterocycles. The molecular formula is C27H27ClN4O2S. The van der Waals surface area contributed by atoms with Gasteiger partial charge in [-0.2, -0.15) is 0 Å². The van der Waals surface area contributed by atoms with E-state index in [1.807, 2.05) is 73.7 Å². The first-order valence-electron chi connectivity index (χ1n) is 11.4. The summed E-state index contributed by atoms with van der Waals surface area (Å²) in [6.45, 7) is 3.15. The molecule has 4 rings (SSSR count). The number of benzene rings is 3. The number of ether oxygens (including phenoxy) is 1. The number of thiocarbonyl (C=S) groups is 1. The average Bonchev–Trinajstić information content (AvgIpc) is 2.96. The molecule has 0 saturated carbocycles. The van der Waals surface area contributed by atoms with Crippen LogP contribution in [0.5, 0.6) is 5.75 Å². The highest BCUT2D eigenvalue weighted by molar-refractivity contribution is 7.80. The number of nitrogens with one attached hydrogen (secondary N) is 2. The molecule has 6 nitrogen and oxygen atoms in total. The van der Waals surface area contributed by atoms with E-state index in [9.17, 15) is 4.79 Å². The lowest BCUT2D eigenvalue weighted by Gasteiger charge is -2.22. The second-order valence-electron chi connectivity index (χ2n) is 8.00. The second kappa shape index (κ2) is 11.3. The van der Waals surface area contributed by atoms with Crippen molar-refractivity contribution in [2.24, 2.45) is 4.99 Å². The molecule has 0 fully saturated rings. The van der Waals surface area contributed by atoms with E-state index in [0.717, 1.165) is 34.5 Å². The Morgan fingerprint density at radius 1 is 1.11 bits per heavy atom. The Balaban J connectivity index is 1.53. The van der Waals surface area contributed by atoms with Gasteiger partial charge in [0, 0.05) is 29.7 Å². The van der Waals surface area contributed by atoms with Gasteiger partial charge < -0.3 is 20.3 Å². The van der Waals surface area contributed by atoms with E-state index in [0.29, 0.717) is 29.0 Å². The van der Waals surface area contributed by atoms with E-state index >= 15 is 0 Å². The molecule has 3 aromatic carbocycles. The highest BCUT2D eigenvalue weighted by Crippen LogP contribution is 2.29. The standard InChI is InChI=1S/C27H27ClN4O2S/c1-3-34-23-12-8-7-9-18(23)15-16-29-27(35)31-25-26(33)32(2)22-14-13-20(28)17-21(22)24(30-25)19-10-5-4-6-11-19/h4-14,17,25H,3,15-16H2,1-2H3,(H2,29,31,35). The van der Waals surface area contributed by atoms with Gasteiger partial charge in [-0.15, -0.1) is 0 Å². The van der Waals surface area contributed by atoms with Gasteiger partial charge in [0.15, 0.2) is 5.11 Å². The minimum absolute atomic E-state index is 0.217. The van der Waals surface area contributed by atoms with Gasteiger partial charge in [-0.05, 0) is 55.4 Å². The number of carbonyl (C=O) groups is 1. The Morgan fingerprint density at radius 3 is 2.63 bits per heavy atom. The Hall–Kier alpha value is -3.42. The summed E-state index contributed by atoms with van der Waals surface area (Å²) >= 11 is 11.8. The first kappa shape index (κ1) is 24.7. The van der Waals surface area contributed by atoms with Crippen LogP contribution in [0.2, 0.25) is 5.02 Å². The van der Waals surface area contributed by atoms with Gasteiger partial charge in [-0.3, -0.25) is 4.79 Å². The number of aliphatic imine (C=N–C) groups is 1. The summed E-state index contributed by atoms with van der Waals surface area (Å²) < 4.78 is 5.70. The zero-order valence-corrected chi connectivity index (χ0v) is 21.2. The average molecular weight is 507 g/mol. The number of hydrogen-bond donors (Lipinski definition) is 2. The molecule has 1 atom stereocenters. The fourth-order valence-electron chi connectivity index (χ4n) is 3.96. The summed E-state index contributed by atoms with van der Waals surface area (Å²) in [6.07, 6.45) is -0.170. The summed E-state index contributed by atoms with van der Waals surface area (Å²) in [5.41, 5.74) is 4.17. The Bertz CT molecular complexity index is 1250. The van der Waals surface area contributed by atoms with Crippen LogP contribution in [0.3, 0.4) is 0 Å². The van der Waals surface area contributed by atoms with Crippen LogP contribution in [-0.4, -0.2) is 43.1 Å². The van der Waals surface area contributed by atoms with E-state index in [-0.39, 0.29) is 5.91 Å². The van der Waals surface area contributed by atoms with Crippen LogP contribution < -0.4 is 20.3 Å². The first-order valence-corrected chi connectivity index (χ1v) is 12.2. The number of hydrogen-bond acceptors (Lipinski definition) is 4. The fourth-order valence-corrected chi connectivity index (χ4v) is 4.34. The maximum absolute atomic E-state index is 13.3. The van der Waals surface area contributed by atoms with E-state index in [2.05, 4.69) is 10.6 Å². The molecule has 1 unspecified atom stereocenters. The molecule has 180 valence electrons.